The molecule has 0 radical (unpaired) electrons. The van der Waals surface area contributed by atoms with Crippen molar-refractivity contribution in [3.63, 3.8) is 0 Å². The molecule has 0 saturated carbocycles. The molecular weight excluding hydrogens is 228 g/mol. The highest BCUT2D eigenvalue weighted by atomic mass is 16.5. The summed E-state index contributed by atoms with van der Waals surface area (Å²) in [6.07, 6.45) is 1.39. The summed E-state index contributed by atoms with van der Waals surface area (Å²) in [6.45, 7) is 8.55. The van der Waals surface area contributed by atoms with Crippen molar-refractivity contribution in [1.29, 1.82) is 0 Å². The smallest absolute Gasteiger partial charge is 0.161 e. The highest BCUT2D eigenvalue weighted by molar-refractivity contribution is 5.43. The molecule has 0 aliphatic heterocycles. The Kier molecular flexibility index (Phi) is 5.99. The SMILES string of the molecule is CCCC(O)c1ccc(OC(C)C)c(OCC)c1. The highest BCUT2D eigenvalue weighted by Crippen LogP contribution is 2.32. The Hall–Kier alpha value is -1.22. The molecule has 0 spiro atoms. The number of ether oxygens (including phenoxy) is 2. The van der Waals surface area contributed by atoms with Gasteiger partial charge < -0.3 is 14.6 Å². The van der Waals surface area contributed by atoms with E-state index in [-0.39, 0.29) is 6.10 Å². The molecule has 0 bridgehead atoms. The second kappa shape index (κ2) is 7.27. The van der Waals surface area contributed by atoms with Crippen LogP contribution in [0.1, 0.15) is 52.2 Å². The monoisotopic (exact) mass is 252 g/mol. The lowest BCUT2D eigenvalue weighted by molar-refractivity contribution is 0.165. The Labute approximate surface area is 110 Å². The summed E-state index contributed by atoms with van der Waals surface area (Å²) < 4.78 is 11.3. The van der Waals surface area contributed by atoms with Crippen LogP contribution in [0.25, 0.3) is 0 Å². The van der Waals surface area contributed by atoms with E-state index < -0.39 is 6.10 Å². The molecule has 1 atom stereocenters. The second-order valence-corrected chi connectivity index (χ2v) is 4.61. The van der Waals surface area contributed by atoms with Gasteiger partial charge in [-0.05, 0) is 44.9 Å². The quantitative estimate of drug-likeness (QED) is 0.804. The molecule has 0 saturated heterocycles. The van der Waals surface area contributed by atoms with Crippen molar-refractivity contribution in [3.8, 4) is 11.5 Å². The maximum Gasteiger partial charge on any atom is 0.161 e. The number of benzene rings is 1. The van der Waals surface area contributed by atoms with E-state index >= 15 is 0 Å². The summed E-state index contributed by atoms with van der Waals surface area (Å²) >= 11 is 0. The summed E-state index contributed by atoms with van der Waals surface area (Å²) in [7, 11) is 0. The van der Waals surface area contributed by atoms with E-state index in [4.69, 9.17) is 9.47 Å². The van der Waals surface area contributed by atoms with Crippen LogP contribution in [-0.4, -0.2) is 17.8 Å². The molecule has 0 aromatic heterocycles. The van der Waals surface area contributed by atoms with Gasteiger partial charge in [-0.25, -0.2) is 0 Å². The van der Waals surface area contributed by atoms with Gasteiger partial charge >= 0.3 is 0 Å². The summed E-state index contributed by atoms with van der Waals surface area (Å²) in [5.74, 6) is 1.44. The van der Waals surface area contributed by atoms with Crippen LogP contribution in [0.15, 0.2) is 18.2 Å². The topological polar surface area (TPSA) is 38.7 Å². The number of hydrogen-bond acceptors (Lipinski definition) is 3. The van der Waals surface area contributed by atoms with Crippen molar-refractivity contribution < 1.29 is 14.6 Å². The van der Waals surface area contributed by atoms with Crippen LogP contribution in [0.2, 0.25) is 0 Å². The Morgan fingerprint density at radius 2 is 1.89 bits per heavy atom. The molecule has 0 heterocycles. The second-order valence-electron chi connectivity index (χ2n) is 4.61. The van der Waals surface area contributed by atoms with Crippen molar-refractivity contribution in [2.45, 2.75) is 52.7 Å². The zero-order chi connectivity index (χ0) is 13.5. The third-order valence-corrected chi connectivity index (χ3v) is 2.58. The predicted molar refractivity (Wildman–Crippen MR) is 73.2 cm³/mol. The minimum Gasteiger partial charge on any atom is -0.490 e. The number of hydrogen-bond donors (Lipinski definition) is 1. The van der Waals surface area contributed by atoms with Gasteiger partial charge in [-0.3, -0.25) is 0 Å². The lowest BCUT2D eigenvalue weighted by Gasteiger charge is -2.17. The van der Waals surface area contributed by atoms with Gasteiger partial charge in [0, 0.05) is 0 Å². The van der Waals surface area contributed by atoms with Gasteiger partial charge in [0.2, 0.25) is 0 Å². The number of aliphatic hydroxyl groups excluding tert-OH is 1. The van der Waals surface area contributed by atoms with E-state index in [9.17, 15) is 5.11 Å². The zero-order valence-corrected chi connectivity index (χ0v) is 11.8. The molecule has 102 valence electrons. The third kappa shape index (κ3) is 4.22. The molecule has 1 rings (SSSR count). The van der Waals surface area contributed by atoms with Gasteiger partial charge in [-0.1, -0.05) is 19.4 Å². The first kappa shape index (κ1) is 14.8. The molecule has 1 aromatic rings. The molecule has 0 amide bonds. The molecular formula is C15H24O3. The molecule has 3 nitrogen and oxygen atoms in total. The lowest BCUT2D eigenvalue weighted by atomic mass is 10.0. The van der Waals surface area contributed by atoms with Crippen molar-refractivity contribution in [2.75, 3.05) is 6.61 Å². The Bertz CT molecular complexity index is 361. The maximum absolute atomic E-state index is 9.99. The van der Waals surface area contributed by atoms with E-state index in [1.165, 1.54) is 0 Å². The van der Waals surface area contributed by atoms with E-state index in [0.717, 1.165) is 24.2 Å². The zero-order valence-electron chi connectivity index (χ0n) is 11.8. The van der Waals surface area contributed by atoms with Crippen molar-refractivity contribution in [2.24, 2.45) is 0 Å². The van der Waals surface area contributed by atoms with E-state index in [0.29, 0.717) is 12.4 Å². The largest absolute Gasteiger partial charge is 0.490 e. The standard InChI is InChI=1S/C15H24O3/c1-5-7-13(16)12-8-9-14(18-11(3)4)15(10-12)17-6-2/h8-11,13,16H,5-7H2,1-4H3. The van der Waals surface area contributed by atoms with E-state index in [2.05, 4.69) is 6.92 Å². The number of aliphatic hydroxyl groups is 1. The fraction of sp³-hybridized carbons (Fsp3) is 0.600. The van der Waals surface area contributed by atoms with Gasteiger partial charge in [0.1, 0.15) is 0 Å². The van der Waals surface area contributed by atoms with Crippen molar-refractivity contribution >= 4 is 0 Å². The molecule has 1 N–H and O–H groups in total. The molecule has 18 heavy (non-hydrogen) atoms. The third-order valence-electron chi connectivity index (χ3n) is 2.58. The molecule has 1 aromatic carbocycles. The van der Waals surface area contributed by atoms with Gasteiger partial charge in [0.05, 0.1) is 18.8 Å². The van der Waals surface area contributed by atoms with Crippen LogP contribution in [0.5, 0.6) is 11.5 Å². The molecule has 0 aliphatic carbocycles. The van der Waals surface area contributed by atoms with Crippen LogP contribution < -0.4 is 9.47 Å². The van der Waals surface area contributed by atoms with Crippen molar-refractivity contribution in [3.05, 3.63) is 23.8 Å². The van der Waals surface area contributed by atoms with Crippen molar-refractivity contribution in [1.82, 2.24) is 0 Å². The first-order chi connectivity index (χ1) is 8.58. The molecule has 0 aliphatic rings. The molecule has 1 unspecified atom stereocenters. The van der Waals surface area contributed by atoms with Gasteiger partial charge in [-0.2, -0.15) is 0 Å². The summed E-state index contributed by atoms with van der Waals surface area (Å²) in [4.78, 5) is 0. The molecule has 3 heteroatoms. The maximum atomic E-state index is 9.99. The molecule has 0 fully saturated rings. The van der Waals surface area contributed by atoms with Gasteiger partial charge in [0.15, 0.2) is 11.5 Å². The normalized spacial score (nSPS) is 12.6. The first-order valence-corrected chi connectivity index (χ1v) is 6.69. The van der Waals surface area contributed by atoms with E-state index in [1.807, 2.05) is 39.0 Å². The number of rotatable bonds is 7. The average Bonchev–Trinajstić information content (AvgIpc) is 2.31. The lowest BCUT2D eigenvalue weighted by Crippen LogP contribution is -2.08. The van der Waals surface area contributed by atoms with Crippen LogP contribution in [0.4, 0.5) is 0 Å². The minimum atomic E-state index is -0.428. The fourth-order valence-electron chi connectivity index (χ4n) is 1.79. The summed E-state index contributed by atoms with van der Waals surface area (Å²) in [6, 6.07) is 5.65. The Balaban J connectivity index is 2.94. The van der Waals surface area contributed by atoms with Crippen LogP contribution in [0, 0.1) is 0 Å². The predicted octanol–water partition coefficient (Wildman–Crippen LogP) is 3.71. The van der Waals surface area contributed by atoms with Crippen LogP contribution in [-0.2, 0) is 0 Å². The highest BCUT2D eigenvalue weighted by Gasteiger charge is 2.12. The Morgan fingerprint density at radius 1 is 1.17 bits per heavy atom. The van der Waals surface area contributed by atoms with Crippen LogP contribution in [0.3, 0.4) is 0 Å². The minimum absolute atomic E-state index is 0.107. The van der Waals surface area contributed by atoms with Gasteiger partial charge in [0.25, 0.3) is 0 Å². The Morgan fingerprint density at radius 3 is 2.44 bits per heavy atom. The summed E-state index contributed by atoms with van der Waals surface area (Å²) in [5.41, 5.74) is 0.886. The van der Waals surface area contributed by atoms with Crippen LogP contribution >= 0.6 is 0 Å². The fourth-order valence-corrected chi connectivity index (χ4v) is 1.79. The average molecular weight is 252 g/mol. The van der Waals surface area contributed by atoms with E-state index in [1.54, 1.807) is 0 Å². The first-order valence-electron chi connectivity index (χ1n) is 6.69. The van der Waals surface area contributed by atoms with Gasteiger partial charge in [-0.15, -0.1) is 0 Å². The summed E-state index contributed by atoms with van der Waals surface area (Å²) in [5, 5.41) is 9.99.